The average molecular weight is 298 g/mol. The molecule has 1 aromatic carbocycles. The molecule has 3 N–H and O–H groups in total. The molecule has 0 saturated heterocycles. The summed E-state index contributed by atoms with van der Waals surface area (Å²) in [6, 6.07) is 12.4. The van der Waals surface area contributed by atoms with Gasteiger partial charge in [0.15, 0.2) is 0 Å². The van der Waals surface area contributed by atoms with Gasteiger partial charge >= 0.3 is 0 Å². The highest BCUT2D eigenvalue weighted by molar-refractivity contribution is 7.99. The molecule has 0 aliphatic heterocycles. The molecule has 0 unspecified atom stereocenters. The summed E-state index contributed by atoms with van der Waals surface area (Å²) in [7, 11) is 0. The van der Waals surface area contributed by atoms with Gasteiger partial charge in [0.2, 0.25) is 5.95 Å². The summed E-state index contributed by atoms with van der Waals surface area (Å²) in [6.45, 7) is 0. The molecular formula is C14H10N4S2. The number of para-hydroxylation sites is 1. The van der Waals surface area contributed by atoms with E-state index in [1.807, 2.05) is 23.6 Å². The topological polar surface area (TPSA) is 67.6 Å². The van der Waals surface area contributed by atoms with Gasteiger partial charge in [-0.2, -0.15) is 0 Å². The van der Waals surface area contributed by atoms with E-state index in [0.717, 1.165) is 25.8 Å². The Bertz CT molecular complexity index is 877. The first-order chi connectivity index (χ1) is 9.79. The van der Waals surface area contributed by atoms with Crippen molar-refractivity contribution in [1.29, 1.82) is 0 Å². The monoisotopic (exact) mass is 298 g/mol. The van der Waals surface area contributed by atoms with Gasteiger partial charge in [0, 0.05) is 16.3 Å². The van der Waals surface area contributed by atoms with Crippen molar-refractivity contribution in [3.8, 4) is 0 Å². The summed E-state index contributed by atoms with van der Waals surface area (Å²) in [5.41, 5.74) is 6.90. The van der Waals surface area contributed by atoms with Crippen LogP contribution in [0.3, 0.4) is 0 Å². The predicted molar refractivity (Wildman–Crippen MR) is 84.2 cm³/mol. The number of benzene rings is 1. The standard InChI is InChI=1S/C14H10N4S2/c15-14-17-12-9(5-6-19-12)13(18-14)20-11-7-8-3-1-2-4-10(8)16-11/h1-7,16H,(H2,15,17,18). The number of anilines is 1. The highest BCUT2D eigenvalue weighted by Crippen LogP contribution is 2.34. The molecule has 4 aromatic rings. The van der Waals surface area contributed by atoms with Crippen LogP contribution in [0.5, 0.6) is 0 Å². The largest absolute Gasteiger partial charge is 0.368 e. The van der Waals surface area contributed by atoms with Gasteiger partial charge in [0.1, 0.15) is 9.86 Å². The van der Waals surface area contributed by atoms with Gasteiger partial charge in [-0.05, 0) is 23.6 Å². The Morgan fingerprint density at radius 1 is 1.15 bits per heavy atom. The number of hydrogen-bond donors (Lipinski definition) is 2. The third-order valence-electron chi connectivity index (χ3n) is 3.02. The molecule has 3 aromatic heterocycles. The van der Waals surface area contributed by atoms with Crippen LogP contribution >= 0.6 is 23.1 Å². The lowest BCUT2D eigenvalue weighted by Crippen LogP contribution is -1.95. The van der Waals surface area contributed by atoms with E-state index in [-0.39, 0.29) is 0 Å². The number of thiophene rings is 1. The molecule has 0 fully saturated rings. The number of nitrogen functional groups attached to an aromatic ring is 1. The number of rotatable bonds is 2. The predicted octanol–water partition coefficient (Wildman–Crippen LogP) is 3.91. The van der Waals surface area contributed by atoms with Gasteiger partial charge in [-0.15, -0.1) is 11.3 Å². The van der Waals surface area contributed by atoms with Gasteiger partial charge in [0.05, 0.1) is 5.03 Å². The Balaban J connectivity index is 1.81. The molecule has 0 saturated carbocycles. The molecule has 98 valence electrons. The lowest BCUT2D eigenvalue weighted by Gasteiger charge is -2.01. The van der Waals surface area contributed by atoms with Crippen molar-refractivity contribution in [3.63, 3.8) is 0 Å². The summed E-state index contributed by atoms with van der Waals surface area (Å²) in [6.07, 6.45) is 0. The molecule has 3 heterocycles. The molecule has 0 atom stereocenters. The van der Waals surface area contributed by atoms with Gasteiger partial charge in [-0.1, -0.05) is 30.0 Å². The minimum Gasteiger partial charge on any atom is -0.368 e. The maximum absolute atomic E-state index is 5.77. The number of fused-ring (bicyclic) bond motifs is 2. The number of nitrogens with two attached hydrogens (primary N) is 1. The van der Waals surface area contributed by atoms with E-state index >= 15 is 0 Å². The minimum absolute atomic E-state index is 0.318. The van der Waals surface area contributed by atoms with Crippen molar-refractivity contribution in [1.82, 2.24) is 15.0 Å². The van der Waals surface area contributed by atoms with Gasteiger partial charge in [0.25, 0.3) is 0 Å². The summed E-state index contributed by atoms with van der Waals surface area (Å²) >= 11 is 3.16. The Labute approximate surface area is 123 Å². The Morgan fingerprint density at radius 3 is 2.95 bits per heavy atom. The van der Waals surface area contributed by atoms with E-state index in [1.165, 1.54) is 5.39 Å². The Hall–Kier alpha value is -2.05. The van der Waals surface area contributed by atoms with Crippen molar-refractivity contribution in [2.24, 2.45) is 0 Å². The van der Waals surface area contributed by atoms with Crippen LogP contribution in [-0.4, -0.2) is 15.0 Å². The first-order valence-corrected chi connectivity index (χ1v) is 7.75. The molecule has 0 radical (unpaired) electrons. The van der Waals surface area contributed by atoms with E-state index in [4.69, 9.17) is 5.73 Å². The van der Waals surface area contributed by atoms with Crippen LogP contribution in [0, 0.1) is 0 Å². The molecular weight excluding hydrogens is 288 g/mol. The van der Waals surface area contributed by atoms with Crippen LogP contribution in [0.2, 0.25) is 0 Å². The number of nitrogens with zero attached hydrogens (tertiary/aromatic N) is 2. The van der Waals surface area contributed by atoms with Crippen LogP contribution < -0.4 is 5.73 Å². The van der Waals surface area contributed by atoms with E-state index < -0.39 is 0 Å². The second kappa shape index (κ2) is 4.50. The SMILES string of the molecule is Nc1nc(Sc2cc3ccccc3[nH]2)c2ccsc2n1. The van der Waals surface area contributed by atoms with E-state index in [0.29, 0.717) is 5.95 Å². The fraction of sp³-hybridized carbons (Fsp3) is 0. The quantitative estimate of drug-likeness (QED) is 0.551. The molecule has 20 heavy (non-hydrogen) atoms. The van der Waals surface area contributed by atoms with Gasteiger partial charge in [-0.25, -0.2) is 9.97 Å². The summed E-state index contributed by atoms with van der Waals surface area (Å²) in [5.74, 6) is 0.318. The average Bonchev–Trinajstić information content (AvgIpc) is 3.03. The molecule has 0 amide bonds. The summed E-state index contributed by atoms with van der Waals surface area (Å²) in [5, 5.41) is 6.19. The van der Waals surface area contributed by atoms with Crippen LogP contribution in [0.25, 0.3) is 21.1 Å². The third kappa shape index (κ3) is 1.93. The Kier molecular flexibility index (Phi) is 2.64. The van der Waals surface area contributed by atoms with Gasteiger partial charge in [-0.3, -0.25) is 0 Å². The zero-order chi connectivity index (χ0) is 13.5. The van der Waals surface area contributed by atoms with Crippen molar-refractivity contribution >= 4 is 50.2 Å². The second-order valence-corrected chi connectivity index (χ2v) is 6.27. The number of hydrogen-bond acceptors (Lipinski definition) is 5. The van der Waals surface area contributed by atoms with Crippen LogP contribution in [0.1, 0.15) is 0 Å². The highest BCUT2D eigenvalue weighted by Gasteiger charge is 2.10. The molecule has 0 bridgehead atoms. The van der Waals surface area contributed by atoms with Crippen molar-refractivity contribution in [2.45, 2.75) is 10.1 Å². The lowest BCUT2D eigenvalue weighted by atomic mass is 10.3. The molecule has 6 heteroatoms. The zero-order valence-electron chi connectivity index (χ0n) is 10.3. The number of nitrogens with one attached hydrogen (secondary N) is 1. The smallest absolute Gasteiger partial charge is 0.222 e. The maximum atomic E-state index is 5.77. The van der Waals surface area contributed by atoms with Gasteiger partial charge < -0.3 is 10.7 Å². The molecule has 4 nitrogen and oxygen atoms in total. The number of aromatic nitrogens is 3. The molecule has 0 spiro atoms. The Morgan fingerprint density at radius 2 is 2.05 bits per heavy atom. The molecule has 4 rings (SSSR count). The first-order valence-electron chi connectivity index (χ1n) is 6.06. The van der Waals surface area contributed by atoms with Crippen molar-refractivity contribution in [3.05, 3.63) is 41.8 Å². The van der Waals surface area contributed by atoms with Crippen LogP contribution in [-0.2, 0) is 0 Å². The second-order valence-electron chi connectivity index (χ2n) is 4.35. The van der Waals surface area contributed by atoms with E-state index in [9.17, 15) is 0 Å². The van der Waals surface area contributed by atoms with Crippen LogP contribution in [0.15, 0.2) is 51.8 Å². The normalized spacial score (nSPS) is 11.4. The number of aromatic amines is 1. The summed E-state index contributed by atoms with van der Waals surface area (Å²) in [4.78, 5) is 12.9. The van der Waals surface area contributed by atoms with Crippen molar-refractivity contribution < 1.29 is 0 Å². The fourth-order valence-electron chi connectivity index (χ4n) is 2.13. The summed E-state index contributed by atoms with van der Waals surface area (Å²) < 4.78 is 0. The van der Waals surface area contributed by atoms with Crippen molar-refractivity contribution in [2.75, 3.05) is 5.73 Å². The lowest BCUT2D eigenvalue weighted by molar-refractivity contribution is 1.12. The highest BCUT2D eigenvalue weighted by atomic mass is 32.2. The third-order valence-corrected chi connectivity index (χ3v) is 4.77. The fourth-order valence-corrected chi connectivity index (χ4v) is 3.93. The molecule has 0 aliphatic rings. The minimum atomic E-state index is 0.318. The zero-order valence-corrected chi connectivity index (χ0v) is 12.0. The first kappa shape index (κ1) is 11.7. The number of H-pyrrole nitrogens is 1. The van der Waals surface area contributed by atoms with Crippen LogP contribution in [0.4, 0.5) is 5.95 Å². The van der Waals surface area contributed by atoms with E-state index in [2.05, 4.69) is 33.2 Å². The van der Waals surface area contributed by atoms with E-state index in [1.54, 1.807) is 23.1 Å². The molecule has 0 aliphatic carbocycles. The maximum Gasteiger partial charge on any atom is 0.222 e.